The van der Waals surface area contributed by atoms with E-state index in [1.165, 1.54) is 0 Å². The fraction of sp³-hybridized carbons (Fsp3) is 0.133. The molecule has 0 atom stereocenters. The normalized spacial score (nSPS) is 10.2. The number of aryl methyl sites for hydroxylation is 1. The highest BCUT2D eigenvalue weighted by atomic mass is 127. The SMILES string of the molecule is COc1ccc(C)cc1C(=O)Nc1ccc(Cl)cc1I. The molecule has 0 bridgehead atoms. The zero-order chi connectivity index (χ0) is 14.7. The Morgan fingerprint density at radius 3 is 2.65 bits per heavy atom. The molecule has 0 unspecified atom stereocenters. The van der Waals surface area contributed by atoms with Crippen LogP contribution in [-0.4, -0.2) is 13.0 Å². The Kier molecular flexibility index (Phi) is 4.88. The Morgan fingerprint density at radius 2 is 2.00 bits per heavy atom. The monoisotopic (exact) mass is 401 g/mol. The lowest BCUT2D eigenvalue weighted by molar-refractivity contribution is 0.102. The van der Waals surface area contributed by atoms with Crippen molar-refractivity contribution in [1.82, 2.24) is 0 Å². The number of carbonyl (C=O) groups is 1. The first kappa shape index (κ1) is 15.1. The highest BCUT2D eigenvalue weighted by Gasteiger charge is 2.14. The van der Waals surface area contributed by atoms with Crippen molar-refractivity contribution in [3.8, 4) is 5.75 Å². The lowest BCUT2D eigenvalue weighted by Crippen LogP contribution is -2.14. The summed E-state index contributed by atoms with van der Waals surface area (Å²) in [7, 11) is 1.55. The molecule has 1 N–H and O–H groups in total. The van der Waals surface area contributed by atoms with E-state index in [1.807, 2.05) is 13.0 Å². The molecule has 0 saturated carbocycles. The van der Waals surface area contributed by atoms with Crippen molar-refractivity contribution in [3.63, 3.8) is 0 Å². The van der Waals surface area contributed by atoms with Gasteiger partial charge in [0.1, 0.15) is 5.75 Å². The van der Waals surface area contributed by atoms with Crippen LogP contribution in [0.4, 0.5) is 5.69 Å². The molecule has 0 radical (unpaired) electrons. The van der Waals surface area contributed by atoms with Gasteiger partial charge < -0.3 is 10.1 Å². The zero-order valence-electron chi connectivity index (χ0n) is 11.0. The van der Waals surface area contributed by atoms with Gasteiger partial charge in [0, 0.05) is 8.59 Å². The van der Waals surface area contributed by atoms with Gasteiger partial charge >= 0.3 is 0 Å². The number of amides is 1. The van der Waals surface area contributed by atoms with E-state index in [0.717, 1.165) is 14.8 Å². The fourth-order valence-electron chi connectivity index (χ4n) is 1.78. The van der Waals surface area contributed by atoms with Gasteiger partial charge in [0.2, 0.25) is 0 Å². The molecule has 104 valence electrons. The Morgan fingerprint density at radius 1 is 1.25 bits per heavy atom. The number of rotatable bonds is 3. The van der Waals surface area contributed by atoms with Gasteiger partial charge in [-0.25, -0.2) is 0 Å². The van der Waals surface area contributed by atoms with E-state index >= 15 is 0 Å². The predicted octanol–water partition coefficient (Wildman–Crippen LogP) is 4.51. The molecule has 1 amide bonds. The average Bonchev–Trinajstić information content (AvgIpc) is 2.41. The van der Waals surface area contributed by atoms with Gasteiger partial charge in [0.15, 0.2) is 0 Å². The number of ether oxygens (including phenoxy) is 1. The molecule has 2 rings (SSSR count). The molecule has 2 aromatic carbocycles. The summed E-state index contributed by atoms with van der Waals surface area (Å²) < 4.78 is 6.11. The number of halogens is 2. The first-order valence-corrected chi connectivity index (χ1v) is 7.38. The van der Waals surface area contributed by atoms with Crippen molar-refractivity contribution in [1.29, 1.82) is 0 Å². The third-order valence-corrected chi connectivity index (χ3v) is 3.91. The van der Waals surface area contributed by atoms with E-state index in [9.17, 15) is 4.79 Å². The van der Waals surface area contributed by atoms with Crippen molar-refractivity contribution in [2.45, 2.75) is 6.92 Å². The maximum Gasteiger partial charge on any atom is 0.259 e. The van der Waals surface area contributed by atoms with Gasteiger partial charge in [-0.15, -0.1) is 0 Å². The van der Waals surface area contributed by atoms with Crippen LogP contribution in [0.5, 0.6) is 5.75 Å². The summed E-state index contributed by atoms with van der Waals surface area (Å²) in [5.74, 6) is 0.350. The molecule has 0 fully saturated rings. The van der Waals surface area contributed by atoms with Crippen molar-refractivity contribution < 1.29 is 9.53 Å². The van der Waals surface area contributed by atoms with Crippen LogP contribution in [0, 0.1) is 10.5 Å². The Labute approximate surface area is 136 Å². The van der Waals surface area contributed by atoms with Crippen LogP contribution in [0.25, 0.3) is 0 Å². The van der Waals surface area contributed by atoms with Gasteiger partial charge in [0.05, 0.1) is 18.4 Å². The molecular formula is C15H13ClINO2. The standard InChI is InChI=1S/C15H13ClINO2/c1-9-3-6-14(20-2)11(7-9)15(19)18-13-5-4-10(16)8-12(13)17/h3-8H,1-2H3,(H,18,19). The summed E-state index contributed by atoms with van der Waals surface area (Å²) in [4.78, 5) is 12.4. The minimum absolute atomic E-state index is 0.203. The largest absolute Gasteiger partial charge is 0.496 e. The van der Waals surface area contributed by atoms with Gasteiger partial charge in [-0.1, -0.05) is 23.2 Å². The molecule has 0 spiro atoms. The molecular weight excluding hydrogens is 389 g/mol. The second-order valence-electron chi connectivity index (χ2n) is 4.28. The number of nitrogens with one attached hydrogen (secondary N) is 1. The Hall–Kier alpha value is -1.27. The summed E-state index contributed by atoms with van der Waals surface area (Å²) in [6, 6.07) is 10.8. The number of carbonyl (C=O) groups excluding carboxylic acids is 1. The van der Waals surface area contributed by atoms with Crippen LogP contribution in [0.3, 0.4) is 0 Å². The molecule has 3 nitrogen and oxygen atoms in total. The third-order valence-electron chi connectivity index (χ3n) is 2.78. The molecule has 20 heavy (non-hydrogen) atoms. The lowest BCUT2D eigenvalue weighted by Gasteiger charge is -2.11. The summed E-state index contributed by atoms with van der Waals surface area (Å²) in [6.45, 7) is 1.93. The summed E-state index contributed by atoms with van der Waals surface area (Å²) in [5.41, 5.74) is 2.24. The average molecular weight is 402 g/mol. The summed E-state index contributed by atoms with van der Waals surface area (Å²) in [6.07, 6.45) is 0. The van der Waals surface area contributed by atoms with E-state index in [4.69, 9.17) is 16.3 Å². The summed E-state index contributed by atoms with van der Waals surface area (Å²) >= 11 is 8.03. The number of methoxy groups -OCH3 is 1. The highest BCUT2D eigenvalue weighted by molar-refractivity contribution is 14.1. The van der Waals surface area contributed by atoms with Crippen LogP contribution in [0.2, 0.25) is 5.02 Å². The Balaban J connectivity index is 2.30. The first-order chi connectivity index (χ1) is 9.51. The van der Waals surface area contributed by atoms with Gasteiger partial charge in [-0.2, -0.15) is 0 Å². The third kappa shape index (κ3) is 3.43. The molecule has 5 heteroatoms. The smallest absolute Gasteiger partial charge is 0.259 e. The fourth-order valence-corrected chi connectivity index (χ4v) is 2.79. The van der Waals surface area contributed by atoms with Crippen LogP contribution < -0.4 is 10.1 Å². The van der Waals surface area contributed by atoms with Crippen LogP contribution in [-0.2, 0) is 0 Å². The van der Waals surface area contributed by atoms with Crippen molar-refractivity contribution in [3.05, 3.63) is 56.1 Å². The van der Waals surface area contributed by atoms with E-state index in [1.54, 1.807) is 37.4 Å². The highest BCUT2D eigenvalue weighted by Crippen LogP contribution is 2.25. The van der Waals surface area contributed by atoms with Crippen LogP contribution >= 0.6 is 34.2 Å². The molecule has 0 heterocycles. The van der Waals surface area contributed by atoms with Gasteiger partial charge in [-0.3, -0.25) is 4.79 Å². The van der Waals surface area contributed by atoms with E-state index < -0.39 is 0 Å². The topological polar surface area (TPSA) is 38.3 Å². The van der Waals surface area contributed by atoms with Crippen molar-refractivity contribution in [2.24, 2.45) is 0 Å². The van der Waals surface area contributed by atoms with Crippen LogP contribution in [0.15, 0.2) is 36.4 Å². The number of hydrogen-bond donors (Lipinski definition) is 1. The minimum atomic E-state index is -0.203. The Bertz CT molecular complexity index is 658. The van der Waals surface area contributed by atoms with E-state index in [-0.39, 0.29) is 5.91 Å². The first-order valence-electron chi connectivity index (χ1n) is 5.92. The molecule has 0 saturated heterocycles. The number of anilines is 1. The minimum Gasteiger partial charge on any atom is -0.496 e. The number of benzene rings is 2. The molecule has 2 aromatic rings. The maximum absolute atomic E-state index is 12.4. The quantitative estimate of drug-likeness (QED) is 0.768. The van der Waals surface area contributed by atoms with Crippen LogP contribution in [0.1, 0.15) is 15.9 Å². The molecule has 0 aromatic heterocycles. The van der Waals surface area contributed by atoms with Crippen molar-refractivity contribution >= 4 is 45.8 Å². The molecule has 0 aliphatic rings. The van der Waals surface area contributed by atoms with E-state index in [0.29, 0.717) is 16.3 Å². The second kappa shape index (κ2) is 6.45. The second-order valence-corrected chi connectivity index (χ2v) is 5.88. The van der Waals surface area contributed by atoms with Gasteiger partial charge in [0.25, 0.3) is 5.91 Å². The molecule has 0 aliphatic carbocycles. The van der Waals surface area contributed by atoms with Crippen molar-refractivity contribution in [2.75, 3.05) is 12.4 Å². The maximum atomic E-state index is 12.4. The zero-order valence-corrected chi connectivity index (χ0v) is 13.9. The lowest BCUT2D eigenvalue weighted by atomic mass is 10.1. The predicted molar refractivity (Wildman–Crippen MR) is 89.9 cm³/mol. The van der Waals surface area contributed by atoms with E-state index in [2.05, 4.69) is 27.9 Å². The molecule has 0 aliphatic heterocycles. The van der Waals surface area contributed by atoms with Gasteiger partial charge in [-0.05, 0) is 59.8 Å². The summed E-state index contributed by atoms with van der Waals surface area (Å²) in [5, 5.41) is 3.51. The number of hydrogen-bond acceptors (Lipinski definition) is 2.